The Morgan fingerprint density at radius 2 is 1.89 bits per heavy atom. The molecule has 1 unspecified atom stereocenters. The predicted molar refractivity (Wildman–Crippen MR) is 136 cm³/mol. The van der Waals surface area contributed by atoms with Crippen molar-refractivity contribution in [2.45, 2.75) is 53.6 Å². The van der Waals surface area contributed by atoms with Crippen LogP contribution in [0.5, 0.6) is 11.5 Å². The van der Waals surface area contributed by atoms with Crippen LogP contribution in [0, 0.1) is 12.8 Å². The van der Waals surface area contributed by atoms with Gasteiger partial charge >= 0.3 is 19.5 Å². The quantitative estimate of drug-likeness (QED) is 0.197. The summed E-state index contributed by atoms with van der Waals surface area (Å²) in [5, 5.41) is 10.8. The van der Waals surface area contributed by atoms with Gasteiger partial charge in [-0.2, -0.15) is 0 Å². The number of benzene rings is 1. The number of phenolic OH excluding ortho intramolecular Hbond substituents is 1. The zero-order valence-corrected chi connectivity index (χ0v) is 22.8. The number of esters is 2. The Kier molecular flexibility index (Phi) is 11.2. The highest BCUT2D eigenvalue weighted by atomic mass is 31.2. The average Bonchev–Trinajstić information content (AvgIpc) is 3.24. The van der Waals surface area contributed by atoms with Gasteiger partial charge in [0.2, 0.25) is 0 Å². The minimum absolute atomic E-state index is 0.108. The summed E-state index contributed by atoms with van der Waals surface area (Å²) < 4.78 is 38.8. The minimum atomic E-state index is -3.16. The predicted octanol–water partition coefficient (Wildman–Crippen LogP) is 5.26. The molecule has 36 heavy (non-hydrogen) atoms. The summed E-state index contributed by atoms with van der Waals surface area (Å²) in [7, 11) is -0.313. The Labute approximate surface area is 212 Å². The van der Waals surface area contributed by atoms with Crippen molar-refractivity contribution in [2.75, 3.05) is 33.6 Å². The van der Waals surface area contributed by atoms with E-state index in [2.05, 4.69) is 0 Å². The maximum atomic E-state index is 12.6. The first-order valence-electron chi connectivity index (χ1n) is 12.0. The fourth-order valence-electron chi connectivity index (χ4n) is 4.17. The Morgan fingerprint density at radius 1 is 1.22 bits per heavy atom. The highest BCUT2D eigenvalue weighted by Gasteiger charge is 2.32. The second-order valence-corrected chi connectivity index (χ2v) is 10.6. The van der Waals surface area contributed by atoms with Crippen LogP contribution in [-0.4, -0.2) is 50.6 Å². The van der Waals surface area contributed by atoms with Crippen molar-refractivity contribution >= 4 is 19.5 Å². The first-order chi connectivity index (χ1) is 17.1. The summed E-state index contributed by atoms with van der Waals surface area (Å²) in [4.78, 5) is 24.5. The van der Waals surface area contributed by atoms with E-state index >= 15 is 0 Å². The van der Waals surface area contributed by atoms with Gasteiger partial charge in [-0.25, -0.2) is 4.79 Å². The van der Waals surface area contributed by atoms with E-state index < -0.39 is 25.5 Å². The number of aromatic hydroxyl groups is 1. The first-order valence-corrected chi connectivity index (χ1v) is 13.7. The lowest BCUT2D eigenvalue weighted by molar-refractivity contribution is -0.143. The van der Waals surface area contributed by atoms with E-state index in [1.54, 1.807) is 26.0 Å². The monoisotopic (exact) mass is 524 g/mol. The SMILES string of the molecule is CCOP(=O)(CC/C=C/C(CC(C)=CCc1c(O)c2c(c(C)c1OC)COC2=O)C(=O)OC)OCC. The van der Waals surface area contributed by atoms with Crippen LogP contribution >= 0.6 is 7.60 Å². The Morgan fingerprint density at radius 3 is 2.47 bits per heavy atom. The van der Waals surface area contributed by atoms with Gasteiger partial charge < -0.3 is 28.4 Å². The second kappa shape index (κ2) is 13.6. The van der Waals surface area contributed by atoms with E-state index in [9.17, 15) is 19.3 Å². The van der Waals surface area contributed by atoms with Crippen LogP contribution in [0.4, 0.5) is 0 Å². The third kappa shape index (κ3) is 7.21. The third-order valence-electron chi connectivity index (χ3n) is 5.94. The van der Waals surface area contributed by atoms with Crippen LogP contribution in [0.1, 0.15) is 60.7 Å². The molecule has 1 aliphatic heterocycles. The molecule has 0 radical (unpaired) electrons. The molecule has 2 rings (SSSR count). The summed E-state index contributed by atoms with van der Waals surface area (Å²) in [6, 6.07) is 0. The molecule has 0 aromatic heterocycles. The summed E-state index contributed by atoms with van der Waals surface area (Å²) in [5.41, 5.74) is 2.93. The van der Waals surface area contributed by atoms with Gasteiger partial charge in [-0.05, 0) is 52.5 Å². The first kappa shape index (κ1) is 29.6. The van der Waals surface area contributed by atoms with Gasteiger partial charge in [-0.1, -0.05) is 23.8 Å². The van der Waals surface area contributed by atoms with Crippen molar-refractivity contribution in [3.63, 3.8) is 0 Å². The Bertz CT molecular complexity index is 1050. The number of hydrogen-bond acceptors (Lipinski definition) is 9. The van der Waals surface area contributed by atoms with Gasteiger partial charge in [-0.15, -0.1) is 0 Å². The fourth-order valence-corrected chi connectivity index (χ4v) is 5.75. The lowest BCUT2D eigenvalue weighted by atomic mass is 9.93. The molecular formula is C26H37O9P. The number of hydrogen-bond donors (Lipinski definition) is 1. The molecular weight excluding hydrogens is 487 g/mol. The van der Waals surface area contributed by atoms with E-state index in [1.807, 2.05) is 19.9 Å². The molecule has 0 saturated carbocycles. The Hall–Kier alpha value is -2.61. The molecule has 0 saturated heterocycles. The summed E-state index contributed by atoms with van der Waals surface area (Å²) >= 11 is 0. The van der Waals surface area contributed by atoms with Crippen LogP contribution < -0.4 is 4.74 Å². The standard InChI is InChI=1S/C26H37O9P/c1-7-34-36(30,35-8-2)14-10-9-11-19(25(28)32-6)15-17(3)12-13-20-23(27)22-21(16-33-26(22)29)18(4)24(20)31-5/h9,11-12,19,27H,7-8,10,13-16H2,1-6H3/b11-9+,17-12?. The summed E-state index contributed by atoms with van der Waals surface area (Å²) in [5.74, 6) is -1.13. The number of allylic oxidation sites excluding steroid dienone is 3. The van der Waals surface area contributed by atoms with Crippen LogP contribution in [-0.2, 0) is 40.9 Å². The summed E-state index contributed by atoms with van der Waals surface area (Å²) in [6.07, 6.45) is 6.71. The van der Waals surface area contributed by atoms with Crippen molar-refractivity contribution in [3.05, 3.63) is 46.1 Å². The van der Waals surface area contributed by atoms with Gasteiger partial charge in [0.1, 0.15) is 23.7 Å². The van der Waals surface area contributed by atoms with E-state index in [0.717, 1.165) is 11.1 Å². The second-order valence-electron chi connectivity index (χ2n) is 8.39. The van der Waals surface area contributed by atoms with Crippen LogP contribution in [0.15, 0.2) is 23.8 Å². The molecule has 0 spiro atoms. The van der Waals surface area contributed by atoms with Gasteiger partial charge in [0.25, 0.3) is 0 Å². The molecule has 9 nitrogen and oxygen atoms in total. The van der Waals surface area contributed by atoms with E-state index in [-0.39, 0.29) is 24.1 Å². The highest BCUT2D eigenvalue weighted by Crippen LogP contribution is 2.48. The van der Waals surface area contributed by atoms with Gasteiger partial charge in [-0.3, -0.25) is 9.36 Å². The van der Waals surface area contributed by atoms with Crippen molar-refractivity contribution in [3.8, 4) is 11.5 Å². The van der Waals surface area contributed by atoms with Gasteiger partial charge in [0.05, 0.1) is 39.5 Å². The van der Waals surface area contributed by atoms with Crippen molar-refractivity contribution in [2.24, 2.45) is 5.92 Å². The normalized spacial score (nSPS) is 14.6. The molecule has 1 aliphatic rings. The molecule has 0 fully saturated rings. The zero-order valence-electron chi connectivity index (χ0n) is 21.9. The molecule has 1 heterocycles. The number of rotatable bonds is 14. The number of methoxy groups -OCH3 is 2. The van der Waals surface area contributed by atoms with Crippen LogP contribution in [0.3, 0.4) is 0 Å². The van der Waals surface area contributed by atoms with E-state index in [0.29, 0.717) is 49.4 Å². The number of carbonyl (C=O) groups is 2. The van der Waals surface area contributed by atoms with Crippen molar-refractivity contribution in [1.29, 1.82) is 0 Å². The number of ether oxygens (including phenoxy) is 3. The largest absolute Gasteiger partial charge is 0.507 e. The topological polar surface area (TPSA) is 118 Å². The molecule has 1 aromatic carbocycles. The van der Waals surface area contributed by atoms with E-state index in [1.165, 1.54) is 14.2 Å². The molecule has 0 aliphatic carbocycles. The lowest BCUT2D eigenvalue weighted by Crippen LogP contribution is -2.14. The molecule has 0 amide bonds. The number of phenols is 1. The third-order valence-corrected chi connectivity index (χ3v) is 8.05. The fraction of sp³-hybridized carbons (Fsp3) is 0.538. The van der Waals surface area contributed by atoms with Crippen LogP contribution in [0.25, 0.3) is 0 Å². The molecule has 1 aromatic rings. The van der Waals surface area contributed by atoms with Gasteiger partial charge in [0, 0.05) is 11.1 Å². The highest BCUT2D eigenvalue weighted by molar-refractivity contribution is 7.53. The maximum Gasteiger partial charge on any atom is 0.342 e. The molecule has 0 bridgehead atoms. The smallest absolute Gasteiger partial charge is 0.342 e. The lowest BCUT2D eigenvalue weighted by Gasteiger charge is -2.16. The van der Waals surface area contributed by atoms with Crippen molar-refractivity contribution < 1.29 is 42.5 Å². The van der Waals surface area contributed by atoms with Crippen molar-refractivity contribution in [1.82, 2.24) is 0 Å². The Balaban J connectivity index is 2.16. The summed E-state index contributed by atoms with van der Waals surface area (Å²) in [6.45, 7) is 7.91. The molecule has 1 N–H and O–H groups in total. The van der Waals surface area contributed by atoms with E-state index in [4.69, 9.17) is 23.3 Å². The number of fused-ring (bicyclic) bond motifs is 1. The number of cyclic esters (lactones) is 1. The number of carbonyl (C=O) groups excluding carboxylic acids is 2. The molecule has 1 atom stereocenters. The molecule has 10 heteroatoms. The minimum Gasteiger partial charge on any atom is -0.507 e. The maximum absolute atomic E-state index is 12.6. The van der Waals surface area contributed by atoms with Gasteiger partial charge in [0.15, 0.2) is 0 Å². The average molecular weight is 525 g/mol. The molecule has 200 valence electrons. The van der Waals surface area contributed by atoms with Crippen LogP contribution in [0.2, 0.25) is 0 Å². The zero-order chi connectivity index (χ0) is 26.9.